The summed E-state index contributed by atoms with van der Waals surface area (Å²) in [4.78, 5) is 13.9. The molecule has 162 valence electrons. The van der Waals surface area contributed by atoms with Crippen LogP contribution in [0, 0.1) is 5.92 Å². The molecule has 9 heteroatoms. The Morgan fingerprint density at radius 3 is 2.70 bits per heavy atom. The lowest BCUT2D eigenvalue weighted by Gasteiger charge is -2.31. The maximum absolute atomic E-state index is 12.9. The van der Waals surface area contributed by atoms with Crippen LogP contribution in [0.5, 0.6) is 0 Å². The van der Waals surface area contributed by atoms with E-state index in [9.17, 15) is 13.2 Å². The molecule has 30 heavy (non-hydrogen) atoms. The number of halogens is 2. The van der Waals surface area contributed by atoms with E-state index in [0.29, 0.717) is 35.0 Å². The van der Waals surface area contributed by atoms with Crippen LogP contribution in [-0.2, 0) is 20.6 Å². The minimum absolute atomic E-state index is 0.145. The van der Waals surface area contributed by atoms with Crippen molar-refractivity contribution >= 4 is 56.6 Å². The normalized spacial score (nSPS) is 17.6. The van der Waals surface area contributed by atoms with Gasteiger partial charge in [0.2, 0.25) is 15.9 Å². The third-order valence-electron chi connectivity index (χ3n) is 4.93. The van der Waals surface area contributed by atoms with Gasteiger partial charge in [-0.1, -0.05) is 48.3 Å². The number of carbonyl (C=O) groups excluding carboxylic acids is 1. The Morgan fingerprint density at radius 1 is 1.20 bits per heavy atom. The van der Waals surface area contributed by atoms with Gasteiger partial charge in [-0.25, -0.2) is 12.7 Å². The maximum atomic E-state index is 12.9. The average Bonchev–Trinajstić information content (AvgIpc) is 2.72. The molecule has 3 rings (SSSR count). The van der Waals surface area contributed by atoms with E-state index in [-0.39, 0.29) is 24.1 Å². The number of benzene rings is 2. The second-order valence-corrected chi connectivity index (χ2v) is 11.2. The fraction of sp³-hybridized carbons (Fsp3) is 0.381. The molecule has 1 atom stereocenters. The first kappa shape index (κ1) is 23.4. The predicted octanol–water partition coefficient (Wildman–Crippen LogP) is 5.29. The summed E-state index contributed by atoms with van der Waals surface area (Å²) in [6.07, 6.45) is 1.30. The van der Waals surface area contributed by atoms with Gasteiger partial charge in [0.1, 0.15) is 0 Å². The van der Waals surface area contributed by atoms with Gasteiger partial charge in [-0.15, -0.1) is 11.8 Å². The molecular formula is C21H24Cl2N2O3S2. The second kappa shape index (κ2) is 10.4. The van der Waals surface area contributed by atoms with Gasteiger partial charge in [-0.3, -0.25) is 4.79 Å². The first-order valence-electron chi connectivity index (χ1n) is 9.74. The van der Waals surface area contributed by atoms with Gasteiger partial charge in [0.15, 0.2) is 0 Å². The lowest BCUT2D eigenvalue weighted by molar-refractivity contribution is -0.120. The molecule has 1 unspecified atom stereocenters. The number of anilines is 1. The van der Waals surface area contributed by atoms with E-state index < -0.39 is 10.0 Å². The van der Waals surface area contributed by atoms with Crippen LogP contribution in [0.4, 0.5) is 5.69 Å². The summed E-state index contributed by atoms with van der Waals surface area (Å²) in [6.45, 7) is 2.65. The summed E-state index contributed by atoms with van der Waals surface area (Å²) < 4.78 is 27.3. The Hall–Kier alpha value is -1.25. The van der Waals surface area contributed by atoms with Crippen molar-refractivity contribution < 1.29 is 13.2 Å². The number of hydrogen-bond acceptors (Lipinski definition) is 4. The van der Waals surface area contributed by atoms with Gasteiger partial charge in [-0.05, 0) is 48.4 Å². The van der Waals surface area contributed by atoms with Crippen molar-refractivity contribution in [3.63, 3.8) is 0 Å². The number of carbonyl (C=O) groups is 1. The van der Waals surface area contributed by atoms with Gasteiger partial charge < -0.3 is 5.32 Å². The fourth-order valence-electron chi connectivity index (χ4n) is 3.43. The number of nitrogens with one attached hydrogen (secondary N) is 1. The highest BCUT2D eigenvalue weighted by Gasteiger charge is 2.32. The van der Waals surface area contributed by atoms with Gasteiger partial charge in [0, 0.05) is 18.0 Å². The van der Waals surface area contributed by atoms with Crippen molar-refractivity contribution in [2.45, 2.75) is 30.4 Å². The van der Waals surface area contributed by atoms with Crippen molar-refractivity contribution in [3.8, 4) is 0 Å². The number of nitrogens with zero attached hydrogens (tertiary/aromatic N) is 1. The third-order valence-corrected chi connectivity index (χ3v) is 8.44. The maximum Gasteiger partial charge on any atom is 0.228 e. The minimum Gasteiger partial charge on any atom is -0.325 e. The number of piperidine rings is 1. The molecule has 1 aliphatic heterocycles. The number of hydrogen-bond donors (Lipinski definition) is 1. The highest BCUT2D eigenvalue weighted by molar-refractivity contribution is 7.99. The van der Waals surface area contributed by atoms with Crippen LogP contribution in [0.3, 0.4) is 0 Å². The van der Waals surface area contributed by atoms with Crippen LogP contribution in [-0.4, -0.2) is 37.5 Å². The molecule has 0 radical (unpaired) electrons. The molecule has 1 amide bonds. The molecule has 1 heterocycles. The topological polar surface area (TPSA) is 66.5 Å². The third kappa shape index (κ3) is 5.92. The van der Waals surface area contributed by atoms with Crippen molar-refractivity contribution in [2.75, 3.05) is 24.2 Å². The molecule has 1 fully saturated rings. The molecule has 1 N–H and O–H groups in total. The predicted molar refractivity (Wildman–Crippen MR) is 125 cm³/mol. The highest BCUT2D eigenvalue weighted by atomic mass is 35.5. The van der Waals surface area contributed by atoms with Crippen molar-refractivity contribution in [1.29, 1.82) is 0 Å². The van der Waals surface area contributed by atoms with E-state index in [0.717, 1.165) is 16.3 Å². The Morgan fingerprint density at radius 2 is 1.97 bits per heavy atom. The minimum atomic E-state index is -3.57. The van der Waals surface area contributed by atoms with Crippen LogP contribution in [0.25, 0.3) is 0 Å². The van der Waals surface area contributed by atoms with Crippen LogP contribution >= 0.6 is 35.0 Å². The first-order valence-corrected chi connectivity index (χ1v) is 13.1. The Kier molecular flexibility index (Phi) is 8.10. The number of amides is 1. The van der Waals surface area contributed by atoms with Crippen LogP contribution < -0.4 is 5.32 Å². The quantitative estimate of drug-likeness (QED) is 0.540. The monoisotopic (exact) mass is 486 g/mol. The largest absolute Gasteiger partial charge is 0.325 e. The summed E-state index contributed by atoms with van der Waals surface area (Å²) in [5.41, 5.74) is 1.34. The first-order chi connectivity index (χ1) is 14.3. The van der Waals surface area contributed by atoms with E-state index in [2.05, 4.69) is 12.2 Å². The molecule has 0 bridgehead atoms. The number of rotatable bonds is 7. The molecule has 2 aromatic rings. The summed E-state index contributed by atoms with van der Waals surface area (Å²) in [6, 6.07) is 12.5. The molecular weight excluding hydrogens is 463 g/mol. The van der Waals surface area contributed by atoms with E-state index in [4.69, 9.17) is 23.2 Å². The molecule has 1 aliphatic rings. The summed E-state index contributed by atoms with van der Waals surface area (Å²) in [7, 11) is -3.57. The number of sulfonamides is 1. The molecule has 0 aromatic heterocycles. The summed E-state index contributed by atoms with van der Waals surface area (Å²) in [5.74, 6) is 0.196. The molecule has 0 saturated carbocycles. The Bertz CT molecular complexity index is 1020. The standard InChI is InChI=1S/C21H24Cl2N2O3S2/c1-2-29-20-8-4-3-7-19(20)24-21(26)16-6-5-11-25(13-16)30(27,28)14-15-9-10-17(22)18(23)12-15/h3-4,7-10,12,16H,2,5-6,11,13-14H2,1H3,(H,24,26). The van der Waals surface area contributed by atoms with Crippen molar-refractivity contribution in [3.05, 3.63) is 58.1 Å². The van der Waals surface area contributed by atoms with Gasteiger partial charge in [0.25, 0.3) is 0 Å². The lowest BCUT2D eigenvalue weighted by atomic mass is 9.99. The highest BCUT2D eigenvalue weighted by Crippen LogP contribution is 2.29. The van der Waals surface area contributed by atoms with E-state index in [1.54, 1.807) is 30.0 Å². The van der Waals surface area contributed by atoms with Crippen LogP contribution in [0.2, 0.25) is 10.0 Å². The lowest BCUT2D eigenvalue weighted by Crippen LogP contribution is -2.44. The molecule has 0 aliphatic carbocycles. The molecule has 0 spiro atoms. The summed E-state index contributed by atoms with van der Waals surface area (Å²) in [5, 5.41) is 3.69. The zero-order valence-corrected chi connectivity index (χ0v) is 19.8. The SMILES string of the molecule is CCSc1ccccc1NC(=O)C1CCCN(S(=O)(=O)Cc2ccc(Cl)c(Cl)c2)C1. The van der Waals surface area contributed by atoms with E-state index in [1.807, 2.05) is 24.3 Å². The smallest absolute Gasteiger partial charge is 0.228 e. The van der Waals surface area contributed by atoms with E-state index >= 15 is 0 Å². The van der Waals surface area contributed by atoms with Gasteiger partial charge >= 0.3 is 0 Å². The van der Waals surface area contributed by atoms with Gasteiger partial charge in [0.05, 0.1) is 27.4 Å². The van der Waals surface area contributed by atoms with Crippen molar-refractivity contribution in [2.24, 2.45) is 5.92 Å². The fourth-order valence-corrected chi connectivity index (χ4v) is 6.11. The molecule has 1 saturated heterocycles. The average molecular weight is 487 g/mol. The van der Waals surface area contributed by atoms with Crippen molar-refractivity contribution in [1.82, 2.24) is 4.31 Å². The van der Waals surface area contributed by atoms with Gasteiger partial charge in [-0.2, -0.15) is 0 Å². The zero-order chi connectivity index (χ0) is 21.7. The van der Waals surface area contributed by atoms with Crippen LogP contribution in [0.15, 0.2) is 47.4 Å². The van der Waals surface area contributed by atoms with Crippen LogP contribution in [0.1, 0.15) is 25.3 Å². The Labute approximate surface area is 192 Å². The molecule has 5 nitrogen and oxygen atoms in total. The summed E-state index contributed by atoms with van der Waals surface area (Å²) >= 11 is 13.6. The second-order valence-electron chi connectivity index (χ2n) is 7.12. The number of para-hydroxylation sites is 1. The number of thioether (sulfide) groups is 1. The molecule has 2 aromatic carbocycles. The zero-order valence-electron chi connectivity index (χ0n) is 16.6. The van der Waals surface area contributed by atoms with E-state index in [1.165, 1.54) is 4.31 Å². The Balaban J connectivity index is 1.68.